The molecule has 0 bridgehead atoms. The SMILES string of the molecule is CN(C)c1nc(NC(=O)C2(C3=CCC(Cl)C=C3)CCCC2)c(C(=O)OC(C)(C)C)n1C1=CC=CCC=C1. The van der Waals surface area contributed by atoms with Gasteiger partial charge < -0.3 is 15.0 Å². The highest BCUT2D eigenvalue weighted by Gasteiger charge is 2.45. The smallest absolute Gasteiger partial charge is 0.359 e. The number of anilines is 2. The van der Waals surface area contributed by atoms with Crippen LogP contribution in [0.3, 0.4) is 0 Å². The number of imidazole rings is 1. The zero-order chi connectivity index (χ0) is 26.8. The average Bonchev–Trinajstić information content (AvgIpc) is 3.37. The van der Waals surface area contributed by atoms with E-state index in [4.69, 9.17) is 21.3 Å². The number of carbonyl (C=O) groups excluding carboxylic acids is 2. The average molecular weight is 525 g/mol. The molecule has 1 unspecified atom stereocenters. The molecule has 0 aromatic carbocycles. The van der Waals surface area contributed by atoms with E-state index in [2.05, 4.69) is 11.4 Å². The van der Waals surface area contributed by atoms with E-state index in [-0.39, 0.29) is 22.8 Å². The monoisotopic (exact) mass is 524 g/mol. The number of rotatable bonds is 6. The fourth-order valence-corrected chi connectivity index (χ4v) is 5.24. The van der Waals surface area contributed by atoms with Gasteiger partial charge in [0.2, 0.25) is 11.9 Å². The van der Waals surface area contributed by atoms with Gasteiger partial charge in [0.1, 0.15) is 5.60 Å². The Morgan fingerprint density at radius 1 is 1.19 bits per heavy atom. The predicted molar refractivity (Wildman–Crippen MR) is 150 cm³/mol. The van der Waals surface area contributed by atoms with Gasteiger partial charge in [0.05, 0.1) is 10.8 Å². The number of nitrogens with one attached hydrogen (secondary N) is 1. The summed E-state index contributed by atoms with van der Waals surface area (Å²) in [7, 11) is 3.72. The van der Waals surface area contributed by atoms with Gasteiger partial charge in [-0.15, -0.1) is 11.6 Å². The van der Waals surface area contributed by atoms with Gasteiger partial charge in [0, 0.05) is 19.8 Å². The van der Waals surface area contributed by atoms with E-state index >= 15 is 0 Å². The van der Waals surface area contributed by atoms with Crippen molar-refractivity contribution in [1.82, 2.24) is 9.55 Å². The minimum absolute atomic E-state index is 0.0580. The van der Waals surface area contributed by atoms with E-state index in [1.165, 1.54) is 0 Å². The van der Waals surface area contributed by atoms with Crippen molar-refractivity contribution in [2.24, 2.45) is 5.41 Å². The lowest BCUT2D eigenvalue weighted by Crippen LogP contribution is -2.36. The molecule has 7 nitrogen and oxygen atoms in total. The quantitative estimate of drug-likeness (QED) is 0.351. The summed E-state index contributed by atoms with van der Waals surface area (Å²) in [5, 5.41) is 3.01. The molecule has 0 radical (unpaired) electrons. The Hall–Kier alpha value is -3.06. The fourth-order valence-electron chi connectivity index (χ4n) is 5.07. The van der Waals surface area contributed by atoms with Crippen LogP contribution in [0.15, 0.2) is 54.2 Å². The maximum absolute atomic E-state index is 14.0. The molecule has 1 fully saturated rings. The molecular formula is C29H37ClN4O3. The molecule has 1 aromatic rings. The maximum atomic E-state index is 14.0. The van der Waals surface area contributed by atoms with Crippen LogP contribution in [-0.4, -0.2) is 46.5 Å². The van der Waals surface area contributed by atoms with Crippen molar-refractivity contribution in [3.05, 3.63) is 59.9 Å². The van der Waals surface area contributed by atoms with Gasteiger partial charge in [-0.3, -0.25) is 9.36 Å². The molecule has 1 atom stereocenters. The largest absolute Gasteiger partial charge is 0.455 e. The van der Waals surface area contributed by atoms with Gasteiger partial charge in [-0.25, -0.2) is 4.79 Å². The summed E-state index contributed by atoms with van der Waals surface area (Å²) in [6, 6.07) is 0. The molecule has 0 aliphatic heterocycles. The molecule has 8 heteroatoms. The number of hydrogen-bond donors (Lipinski definition) is 1. The van der Waals surface area contributed by atoms with Crippen LogP contribution in [0.4, 0.5) is 11.8 Å². The number of carbonyl (C=O) groups is 2. The number of ether oxygens (including phenoxy) is 1. The van der Waals surface area contributed by atoms with Crippen molar-refractivity contribution >= 4 is 40.9 Å². The first-order valence-electron chi connectivity index (χ1n) is 12.9. The third-order valence-electron chi connectivity index (χ3n) is 6.80. The van der Waals surface area contributed by atoms with Crippen LogP contribution in [0.5, 0.6) is 0 Å². The number of allylic oxidation sites excluding steroid dienone is 9. The van der Waals surface area contributed by atoms with Crippen LogP contribution in [-0.2, 0) is 9.53 Å². The Bertz CT molecular complexity index is 1200. The standard InChI is InChI=1S/C29H37ClN4O3/c1-28(2,3)37-25(35)23-24(32-27(33(4)5)34(23)22-12-8-6-7-9-13-22)31-26(36)29(18-10-11-19-29)20-14-16-21(30)17-15-20/h6,8-9,12-16,21H,7,10-11,17-19H2,1-5H3,(H,31,36). The molecular weight excluding hydrogens is 488 g/mol. The molecule has 0 spiro atoms. The lowest BCUT2D eigenvalue weighted by Gasteiger charge is -2.31. The lowest BCUT2D eigenvalue weighted by molar-refractivity contribution is -0.123. The van der Waals surface area contributed by atoms with Gasteiger partial charge in [0.15, 0.2) is 11.5 Å². The first kappa shape index (κ1) is 27.0. The van der Waals surface area contributed by atoms with Crippen LogP contribution in [0.1, 0.15) is 69.8 Å². The number of amides is 1. The predicted octanol–water partition coefficient (Wildman–Crippen LogP) is 6.25. The van der Waals surface area contributed by atoms with E-state index in [1.54, 1.807) is 4.57 Å². The summed E-state index contributed by atoms with van der Waals surface area (Å²) in [6.45, 7) is 5.47. The third kappa shape index (κ3) is 5.77. The van der Waals surface area contributed by atoms with E-state index < -0.39 is 17.0 Å². The van der Waals surface area contributed by atoms with Crippen molar-refractivity contribution in [3.63, 3.8) is 0 Å². The number of alkyl halides is 1. The molecule has 1 aromatic heterocycles. The zero-order valence-corrected chi connectivity index (χ0v) is 23.1. The highest BCUT2D eigenvalue weighted by atomic mass is 35.5. The van der Waals surface area contributed by atoms with E-state index in [0.717, 1.165) is 43.4 Å². The summed E-state index contributed by atoms with van der Waals surface area (Å²) in [5.74, 6) is 0.0177. The molecule has 4 rings (SSSR count). The molecule has 1 heterocycles. The van der Waals surface area contributed by atoms with Gasteiger partial charge in [0.25, 0.3) is 0 Å². The van der Waals surface area contributed by atoms with Crippen molar-refractivity contribution in [2.45, 2.75) is 70.3 Å². The number of nitrogens with zero attached hydrogens (tertiary/aromatic N) is 3. The number of halogens is 1. The molecule has 3 aliphatic carbocycles. The maximum Gasteiger partial charge on any atom is 0.359 e. The summed E-state index contributed by atoms with van der Waals surface area (Å²) >= 11 is 6.27. The normalized spacial score (nSPS) is 20.8. The molecule has 37 heavy (non-hydrogen) atoms. The highest BCUT2D eigenvalue weighted by Crippen LogP contribution is 2.47. The van der Waals surface area contributed by atoms with Gasteiger partial charge in [-0.05, 0) is 64.2 Å². The Morgan fingerprint density at radius 2 is 1.92 bits per heavy atom. The highest BCUT2D eigenvalue weighted by molar-refractivity contribution is 6.22. The van der Waals surface area contributed by atoms with E-state index in [0.29, 0.717) is 12.4 Å². The molecule has 198 valence electrons. The summed E-state index contributed by atoms with van der Waals surface area (Å²) in [6.07, 6.45) is 20.8. The van der Waals surface area contributed by atoms with Gasteiger partial charge >= 0.3 is 5.97 Å². The molecule has 1 amide bonds. The molecule has 1 N–H and O–H groups in total. The molecule has 0 saturated heterocycles. The third-order valence-corrected chi connectivity index (χ3v) is 7.12. The number of hydrogen-bond acceptors (Lipinski definition) is 5. The Morgan fingerprint density at radius 3 is 2.54 bits per heavy atom. The Labute approximate surface area is 224 Å². The van der Waals surface area contributed by atoms with Crippen molar-refractivity contribution in [2.75, 3.05) is 24.3 Å². The van der Waals surface area contributed by atoms with E-state index in [9.17, 15) is 9.59 Å². The van der Waals surface area contributed by atoms with Gasteiger partial charge in [-0.2, -0.15) is 4.98 Å². The second kappa shape index (κ2) is 10.7. The number of aromatic nitrogens is 2. The molecule has 1 saturated carbocycles. The number of esters is 1. The Balaban J connectivity index is 1.81. The summed E-state index contributed by atoms with van der Waals surface area (Å²) in [4.78, 5) is 34.2. The summed E-state index contributed by atoms with van der Waals surface area (Å²) < 4.78 is 7.56. The van der Waals surface area contributed by atoms with Crippen LogP contribution in [0.25, 0.3) is 5.70 Å². The zero-order valence-electron chi connectivity index (χ0n) is 22.4. The fraction of sp³-hybridized carbons (Fsp3) is 0.483. The topological polar surface area (TPSA) is 76.5 Å². The van der Waals surface area contributed by atoms with Crippen molar-refractivity contribution in [3.8, 4) is 0 Å². The van der Waals surface area contributed by atoms with Crippen LogP contribution in [0.2, 0.25) is 0 Å². The van der Waals surface area contributed by atoms with Crippen LogP contribution in [0, 0.1) is 5.41 Å². The van der Waals surface area contributed by atoms with E-state index in [1.807, 2.05) is 82.3 Å². The lowest BCUT2D eigenvalue weighted by atomic mass is 9.75. The summed E-state index contributed by atoms with van der Waals surface area (Å²) in [5.41, 5.74) is 0.547. The molecule has 3 aliphatic rings. The Kier molecular flexibility index (Phi) is 7.83. The van der Waals surface area contributed by atoms with Crippen LogP contribution >= 0.6 is 11.6 Å². The second-order valence-corrected chi connectivity index (χ2v) is 11.6. The van der Waals surface area contributed by atoms with Gasteiger partial charge in [-0.1, -0.05) is 49.3 Å². The minimum atomic E-state index is -0.720. The first-order valence-corrected chi connectivity index (χ1v) is 13.4. The van der Waals surface area contributed by atoms with Crippen molar-refractivity contribution in [1.29, 1.82) is 0 Å². The minimum Gasteiger partial charge on any atom is -0.455 e. The van der Waals surface area contributed by atoms with Crippen LogP contribution < -0.4 is 10.2 Å². The second-order valence-electron chi connectivity index (χ2n) is 11.0. The van der Waals surface area contributed by atoms with Crippen molar-refractivity contribution < 1.29 is 14.3 Å². The first-order chi connectivity index (χ1) is 17.5.